The van der Waals surface area contributed by atoms with Crippen LogP contribution in [0.15, 0.2) is 41.3 Å². The Hall–Kier alpha value is -2.07. The number of rotatable bonds is 4. The van der Waals surface area contributed by atoms with Gasteiger partial charge in [-0.3, -0.25) is 8.98 Å². The highest BCUT2D eigenvalue weighted by atomic mass is 32.2. The minimum atomic E-state index is -3.92. The van der Waals surface area contributed by atoms with Gasteiger partial charge in [0.2, 0.25) is 10.0 Å². The van der Waals surface area contributed by atoms with Crippen molar-refractivity contribution >= 4 is 27.1 Å². The van der Waals surface area contributed by atoms with Gasteiger partial charge in [-0.05, 0) is 48.2 Å². The van der Waals surface area contributed by atoms with Gasteiger partial charge >= 0.3 is 5.97 Å². The first-order valence-corrected chi connectivity index (χ1v) is 12.4. The van der Waals surface area contributed by atoms with Crippen LogP contribution < -0.4 is 0 Å². The molecule has 0 aliphatic carbocycles. The van der Waals surface area contributed by atoms with Crippen molar-refractivity contribution in [2.45, 2.75) is 50.1 Å². The molecule has 2 aliphatic heterocycles. The van der Waals surface area contributed by atoms with Crippen molar-refractivity contribution in [3.63, 3.8) is 0 Å². The molecule has 2 aliphatic rings. The van der Waals surface area contributed by atoms with E-state index in [0.29, 0.717) is 0 Å². The van der Waals surface area contributed by atoms with E-state index in [1.807, 2.05) is 19.1 Å². The monoisotopic (exact) mass is 449 g/mol. The molecule has 2 heterocycles. The van der Waals surface area contributed by atoms with Crippen LogP contribution in [-0.2, 0) is 60.1 Å². The van der Waals surface area contributed by atoms with Gasteiger partial charge in [-0.15, -0.1) is 0 Å². The summed E-state index contributed by atoms with van der Waals surface area (Å²) in [5.74, 6) is -0.289. The summed E-state index contributed by atoms with van der Waals surface area (Å²) >= 11 is -1.38. The van der Waals surface area contributed by atoms with Gasteiger partial charge in [0, 0.05) is 13.0 Å². The van der Waals surface area contributed by atoms with Gasteiger partial charge in [0.15, 0.2) is 11.1 Å². The Morgan fingerprint density at radius 1 is 1.17 bits per heavy atom. The number of aryl methyl sites for hydroxylation is 1. The van der Waals surface area contributed by atoms with Crippen LogP contribution in [0.2, 0.25) is 0 Å². The van der Waals surface area contributed by atoms with Crippen LogP contribution in [-0.4, -0.2) is 35.5 Å². The van der Waals surface area contributed by atoms with Crippen LogP contribution in [0.5, 0.6) is 0 Å². The van der Waals surface area contributed by atoms with E-state index in [-0.39, 0.29) is 36.8 Å². The highest BCUT2D eigenvalue weighted by Gasteiger charge is 2.41. The van der Waals surface area contributed by atoms with Gasteiger partial charge in [-0.2, -0.15) is 4.31 Å². The lowest BCUT2D eigenvalue weighted by Crippen LogP contribution is -2.49. The highest BCUT2D eigenvalue weighted by molar-refractivity contribution is 7.89. The molecule has 0 saturated heterocycles. The summed E-state index contributed by atoms with van der Waals surface area (Å²) in [6.07, 6.45) is 0.218. The van der Waals surface area contributed by atoms with Gasteiger partial charge < -0.3 is 4.74 Å². The molecule has 2 aromatic rings. The number of hydrogen-bond acceptors (Lipinski definition) is 6. The minimum absolute atomic E-state index is 0.0514. The Morgan fingerprint density at radius 3 is 2.57 bits per heavy atom. The van der Waals surface area contributed by atoms with Crippen molar-refractivity contribution in [1.29, 1.82) is 0 Å². The quantitative estimate of drug-likeness (QED) is 0.666. The predicted molar refractivity (Wildman–Crippen MR) is 111 cm³/mol. The Bertz CT molecular complexity index is 1110. The van der Waals surface area contributed by atoms with Crippen LogP contribution in [0.1, 0.15) is 34.7 Å². The van der Waals surface area contributed by atoms with E-state index in [9.17, 15) is 17.4 Å². The molecule has 2 unspecified atom stereocenters. The fraction of sp³-hybridized carbons (Fsp3) is 0.381. The first-order chi connectivity index (χ1) is 14.3. The van der Waals surface area contributed by atoms with Crippen LogP contribution in [0.25, 0.3) is 0 Å². The number of sulfonamides is 1. The second-order valence-corrected chi connectivity index (χ2v) is 10.5. The van der Waals surface area contributed by atoms with Crippen LogP contribution in [0, 0.1) is 6.92 Å². The molecule has 0 aromatic heterocycles. The van der Waals surface area contributed by atoms with Crippen molar-refractivity contribution in [1.82, 2.24) is 4.31 Å². The molecule has 0 N–H and O–H groups in total. The number of fused-ring (bicyclic) bond motifs is 2. The molecule has 7 nitrogen and oxygen atoms in total. The van der Waals surface area contributed by atoms with E-state index in [1.54, 1.807) is 31.2 Å². The zero-order valence-electron chi connectivity index (χ0n) is 16.8. The number of hydrogen-bond donors (Lipinski definition) is 0. The molecule has 0 spiro atoms. The van der Waals surface area contributed by atoms with E-state index in [4.69, 9.17) is 8.92 Å². The topological polar surface area (TPSA) is 90.0 Å². The zero-order chi connectivity index (χ0) is 21.5. The minimum Gasteiger partial charge on any atom is -0.465 e. The van der Waals surface area contributed by atoms with E-state index in [0.717, 1.165) is 27.8 Å². The molecular weight excluding hydrogens is 426 g/mol. The maximum atomic E-state index is 13.4. The lowest BCUT2D eigenvalue weighted by Gasteiger charge is -2.35. The molecular formula is C21H23NO6S2. The lowest BCUT2D eigenvalue weighted by atomic mass is 9.91. The third-order valence-corrected chi connectivity index (χ3v) is 8.21. The van der Waals surface area contributed by atoms with Crippen molar-refractivity contribution < 1.29 is 26.3 Å². The number of nitrogens with zero attached hydrogens (tertiary/aromatic N) is 1. The molecule has 0 bridgehead atoms. The lowest BCUT2D eigenvalue weighted by molar-refractivity contribution is -0.148. The first-order valence-electron chi connectivity index (χ1n) is 9.70. The average Bonchev–Trinajstić information content (AvgIpc) is 2.71. The van der Waals surface area contributed by atoms with Gasteiger partial charge in [0.1, 0.15) is 6.04 Å². The van der Waals surface area contributed by atoms with Crippen LogP contribution in [0.4, 0.5) is 0 Å². The molecule has 9 heteroatoms. The maximum Gasteiger partial charge on any atom is 0.324 e. The van der Waals surface area contributed by atoms with Crippen LogP contribution in [0.3, 0.4) is 0 Å². The number of carbonyl (C=O) groups excluding carboxylic acids is 1. The molecule has 160 valence electrons. The Kier molecular flexibility index (Phi) is 5.80. The molecule has 2 aromatic carbocycles. The van der Waals surface area contributed by atoms with E-state index >= 15 is 0 Å². The predicted octanol–water partition coefficient (Wildman–Crippen LogP) is 2.37. The molecule has 4 rings (SSSR count). The molecule has 0 amide bonds. The largest absolute Gasteiger partial charge is 0.465 e. The summed E-state index contributed by atoms with van der Waals surface area (Å²) in [7, 11) is -3.92. The third-order valence-electron chi connectivity index (χ3n) is 5.41. The zero-order valence-corrected chi connectivity index (χ0v) is 18.4. The van der Waals surface area contributed by atoms with Gasteiger partial charge in [-0.1, -0.05) is 29.8 Å². The Labute approximate surface area is 178 Å². The van der Waals surface area contributed by atoms with Crippen molar-refractivity contribution in [3.8, 4) is 0 Å². The average molecular weight is 450 g/mol. The van der Waals surface area contributed by atoms with Gasteiger partial charge in [-0.25, -0.2) is 12.6 Å². The summed E-state index contributed by atoms with van der Waals surface area (Å²) in [6.45, 7) is 4.04. The first kappa shape index (κ1) is 21.2. The summed E-state index contributed by atoms with van der Waals surface area (Å²) in [5, 5.41) is 0. The van der Waals surface area contributed by atoms with E-state index < -0.39 is 33.1 Å². The van der Waals surface area contributed by atoms with Crippen LogP contribution >= 0.6 is 0 Å². The highest BCUT2D eigenvalue weighted by Crippen LogP contribution is 2.33. The van der Waals surface area contributed by atoms with Gasteiger partial charge in [0.05, 0.1) is 23.9 Å². The summed E-state index contributed by atoms with van der Waals surface area (Å²) < 4.78 is 50.2. The summed E-state index contributed by atoms with van der Waals surface area (Å²) in [4.78, 5) is 12.8. The van der Waals surface area contributed by atoms with Gasteiger partial charge in [0.25, 0.3) is 0 Å². The molecule has 0 saturated carbocycles. The fourth-order valence-electron chi connectivity index (χ4n) is 3.82. The Balaban J connectivity index is 1.77. The second kappa shape index (κ2) is 8.22. The maximum absolute atomic E-state index is 13.4. The fourth-order valence-corrected chi connectivity index (χ4v) is 6.24. The molecule has 0 radical (unpaired) electrons. The van der Waals surface area contributed by atoms with Crippen molar-refractivity contribution in [2.75, 3.05) is 6.61 Å². The smallest absolute Gasteiger partial charge is 0.324 e. The van der Waals surface area contributed by atoms with Crippen molar-refractivity contribution in [2.24, 2.45) is 0 Å². The molecule has 2 atom stereocenters. The second-order valence-electron chi connectivity index (χ2n) is 7.44. The summed E-state index contributed by atoms with van der Waals surface area (Å²) in [6, 6.07) is 9.45. The summed E-state index contributed by atoms with van der Waals surface area (Å²) in [5.41, 5.74) is 4.45. The SMILES string of the molecule is CCOC(=O)C1Cc2cc3c(cc2CN1S(=O)(=O)c1ccc(C)cc1)CS(=O)OC3. The normalized spacial score (nSPS) is 21.5. The number of esters is 1. The van der Waals surface area contributed by atoms with E-state index in [1.165, 1.54) is 4.31 Å². The number of benzene rings is 2. The number of carbonyl (C=O) groups is 1. The van der Waals surface area contributed by atoms with Crippen molar-refractivity contribution in [3.05, 3.63) is 64.2 Å². The van der Waals surface area contributed by atoms with E-state index in [2.05, 4.69) is 0 Å². The molecule has 30 heavy (non-hydrogen) atoms. The Morgan fingerprint density at radius 2 is 1.87 bits per heavy atom. The number of ether oxygens (including phenoxy) is 1. The molecule has 0 fully saturated rings. The standard InChI is InChI=1S/C21H23NO6S2/c1-3-27-21(23)20-10-15-8-17-12-28-29(24)13-18(17)9-16(15)11-22(20)30(25,26)19-6-4-14(2)5-7-19/h4-9,20H,3,10-13H2,1-2H3. The third kappa shape index (κ3) is 3.94.